The molecule has 2 heterocycles. The SMILES string of the molecule is O=C1CCN(C(=O)c2cc3ccccc3s2)CCN1. The van der Waals surface area contributed by atoms with E-state index in [4.69, 9.17) is 0 Å². The minimum absolute atomic E-state index is 0.0200. The van der Waals surface area contributed by atoms with Crippen LogP contribution in [0.4, 0.5) is 0 Å². The summed E-state index contributed by atoms with van der Waals surface area (Å²) in [4.78, 5) is 26.2. The lowest BCUT2D eigenvalue weighted by molar-refractivity contribution is -0.120. The molecule has 4 nitrogen and oxygen atoms in total. The lowest BCUT2D eigenvalue weighted by Gasteiger charge is -2.18. The number of rotatable bonds is 1. The molecule has 1 N–H and O–H groups in total. The van der Waals surface area contributed by atoms with E-state index in [9.17, 15) is 9.59 Å². The average molecular weight is 274 g/mol. The molecule has 1 aliphatic heterocycles. The van der Waals surface area contributed by atoms with E-state index in [1.54, 1.807) is 4.90 Å². The van der Waals surface area contributed by atoms with Gasteiger partial charge in [0.25, 0.3) is 5.91 Å². The van der Waals surface area contributed by atoms with Gasteiger partial charge in [-0.05, 0) is 17.5 Å². The Balaban J connectivity index is 1.84. The van der Waals surface area contributed by atoms with Crippen molar-refractivity contribution in [1.82, 2.24) is 10.2 Å². The minimum atomic E-state index is 0.0200. The van der Waals surface area contributed by atoms with Crippen molar-refractivity contribution in [2.75, 3.05) is 19.6 Å². The Hall–Kier alpha value is -1.88. The molecule has 0 unspecified atom stereocenters. The molecule has 98 valence electrons. The zero-order chi connectivity index (χ0) is 13.2. The van der Waals surface area contributed by atoms with Crippen molar-refractivity contribution in [2.24, 2.45) is 0 Å². The molecule has 0 saturated carbocycles. The molecule has 0 atom stereocenters. The lowest BCUT2D eigenvalue weighted by atomic mass is 10.2. The van der Waals surface area contributed by atoms with Crippen LogP contribution in [-0.4, -0.2) is 36.3 Å². The van der Waals surface area contributed by atoms with E-state index in [-0.39, 0.29) is 11.8 Å². The summed E-state index contributed by atoms with van der Waals surface area (Å²) in [6.07, 6.45) is 0.386. The highest BCUT2D eigenvalue weighted by atomic mass is 32.1. The molecule has 0 aliphatic carbocycles. The highest BCUT2D eigenvalue weighted by molar-refractivity contribution is 7.20. The maximum atomic E-state index is 12.4. The number of nitrogens with one attached hydrogen (secondary N) is 1. The number of thiophene rings is 1. The molecule has 0 radical (unpaired) electrons. The van der Waals surface area contributed by atoms with Crippen molar-refractivity contribution in [3.63, 3.8) is 0 Å². The van der Waals surface area contributed by atoms with Gasteiger partial charge in [-0.15, -0.1) is 11.3 Å². The van der Waals surface area contributed by atoms with E-state index in [2.05, 4.69) is 5.32 Å². The smallest absolute Gasteiger partial charge is 0.264 e. The molecule has 1 aliphatic rings. The van der Waals surface area contributed by atoms with Crippen molar-refractivity contribution in [1.29, 1.82) is 0 Å². The molecule has 19 heavy (non-hydrogen) atoms. The average Bonchev–Trinajstić information content (AvgIpc) is 2.74. The predicted molar refractivity (Wildman–Crippen MR) is 75.4 cm³/mol. The molecular weight excluding hydrogens is 260 g/mol. The molecular formula is C14H14N2O2S. The fourth-order valence-corrected chi connectivity index (χ4v) is 3.24. The van der Waals surface area contributed by atoms with E-state index in [1.807, 2.05) is 30.3 Å². The highest BCUT2D eigenvalue weighted by Crippen LogP contribution is 2.26. The Morgan fingerprint density at radius 3 is 2.95 bits per heavy atom. The van der Waals surface area contributed by atoms with Crippen molar-refractivity contribution in [3.8, 4) is 0 Å². The lowest BCUT2D eigenvalue weighted by Crippen LogP contribution is -2.33. The normalized spacial score (nSPS) is 16.2. The summed E-state index contributed by atoms with van der Waals surface area (Å²) in [6, 6.07) is 9.91. The Morgan fingerprint density at radius 2 is 2.11 bits per heavy atom. The monoisotopic (exact) mass is 274 g/mol. The fourth-order valence-electron chi connectivity index (χ4n) is 2.21. The number of nitrogens with zero attached hydrogens (tertiary/aromatic N) is 1. The van der Waals surface area contributed by atoms with Crippen LogP contribution in [0.15, 0.2) is 30.3 Å². The maximum Gasteiger partial charge on any atom is 0.264 e. The molecule has 0 spiro atoms. The van der Waals surface area contributed by atoms with Gasteiger partial charge in [0.05, 0.1) is 4.88 Å². The highest BCUT2D eigenvalue weighted by Gasteiger charge is 2.21. The van der Waals surface area contributed by atoms with Crippen LogP contribution in [-0.2, 0) is 4.79 Å². The number of hydrogen-bond donors (Lipinski definition) is 1. The summed E-state index contributed by atoms with van der Waals surface area (Å²) >= 11 is 1.51. The van der Waals surface area contributed by atoms with Crippen LogP contribution in [0.2, 0.25) is 0 Å². The van der Waals surface area contributed by atoms with Gasteiger partial charge in [-0.3, -0.25) is 9.59 Å². The number of carbonyl (C=O) groups excluding carboxylic acids is 2. The number of fused-ring (bicyclic) bond motifs is 1. The Kier molecular flexibility index (Phi) is 3.21. The molecule has 2 amide bonds. The summed E-state index contributed by atoms with van der Waals surface area (Å²) in [5.41, 5.74) is 0. The number of benzene rings is 1. The minimum Gasteiger partial charge on any atom is -0.354 e. The first-order valence-electron chi connectivity index (χ1n) is 6.28. The summed E-state index contributed by atoms with van der Waals surface area (Å²) in [7, 11) is 0. The van der Waals surface area contributed by atoms with E-state index in [0.29, 0.717) is 26.1 Å². The summed E-state index contributed by atoms with van der Waals surface area (Å²) in [5.74, 6) is 0.0457. The van der Waals surface area contributed by atoms with Crippen LogP contribution in [0.3, 0.4) is 0 Å². The van der Waals surface area contributed by atoms with Gasteiger partial charge in [-0.2, -0.15) is 0 Å². The second-order valence-corrected chi connectivity index (χ2v) is 5.62. The first kappa shape index (κ1) is 12.2. The van der Waals surface area contributed by atoms with Crippen LogP contribution in [0.5, 0.6) is 0 Å². The topological polar surface area (TPSA) is 49.4 Å². The van der Waals surface area contributed by atoms with Gasteiger partial charge < -0.3 is 10.2 Å². The van der Waals surface area contributed by atoms with Crippen molar-refractivity contribution >= 4 is 33.2 Å². The molecule has 2 aromatic rings. The quantitative estimate of drug-likeness (QED) is 0.863. The van der Waals surface area contributed by atoms with Crippen LogP contribution in [0.1, 0.15) is 16.1 Å². The van der Waals surface area contributed by atoms with Crippen molar-refractivity contribution < 1.29 is 9.59 Å². The molecule has 1 saturated heterocycles. The number of hydrogen-bond acceptors (Lipinski definition) is 3. The molecule has 1 fully saturated rings. The first-order valence-corrected chi connectivity index (χ1v) is 7.10. The second kappa shape index (κ2) is 5.01. The van der Waals surface area contributed by atoms with E-state index >= 15 is 0 Å². The summed E-state index contributed by atoms with van der Waals surface area (Å²) in [6.45, 7) is 1.62. The van der Waals surface area contributed by atoms with Gasteiger partial charge in [0.2, 0.25) is 5.91 Å². The molecule has 5 heteroatoms. The standard InChI is InChI=1S/C14H14N2O2S/c17-13-5-7-16(8-6-15-13)14(18)12-9-10-3-1-2-4-11(10)19-12/h1-4,9H,5-8H2,(H,15,17). The van der Waals surface area contributed by atoms with Crippen LogP contribution in [0.25, 0.3) is 10.1 Å². The molecule has 1 aromatic heterocycles. The number of amides is 2. The predicted octanol–water partition coefficient (Wildman–Crippen LogP) is 1.86. The van der Waals surface area contributed by atoms with Crippen LogP contribution >= 0.6 is 11.3 Å². The molecule has 1 aromatic carbocycles. The van der Waals surface area contributed by atoms with E-state index < -0.39 is 0 Å². The third-order valence-electron chi connectivity index (χ3n) is 3.24. The number of carbonyl (C=O) groups is 2. The Bertz CT molecular complexity index is 602. The summed E-state index contributed by atoms with van der Waals surface area (Å²) in [5, 5.41) is 3.88. The first-order chi connectivity index (χ1) is 9.24. The zero-order valence-electron chi connectivity index (χ0n) is 10.4. The third-order valence-corrected chi connectivity index (χ3v) is 4.34. The van der Waals surface area contributed by atoms with E-state index in [0.717, 1.165) is 15.0 Å². The molecule has 3 rings (SSSR count). The Labute approximate surface area is 115 Å². The van der Waals surface area contributed by atoms with Gasteiger partial charge in [0.1, 0.15) is 0 Å². The Morgan fingerprint density at radius 1 is 1.26 bits per heavy atom. The largest absolute Gasteiger partial charge is 0.354 e. The molecule has 0 bridgehead atoms. The fraction of sp³-hybridized carbons (Fsp3) is 0.286. The van der Waals surface area contributed by atoms with E-state index in [1.165, 1.54) is 11.3 Å². The van der Waals surface area contributed by atoms with Gasteiger partial charge in [0.15, 0.2) is 0 Å². The van der Waals surface area contributed by atoms with Gasteiger partial charge in [0, 0.05) is 30.8 Å². The van der Waals surface area contributed by atoms with Gasteiger partial charge >= 0.3 is 0 Å². The zero-order valence-corrected chi connectivity index (χ0v) is 11.2. The third kappa shape index (κ3) is 2.46. The maximum absolute atomic E-state index is 12.4. The van der Waals surface area contributed by atoms with Crippen LogP contribution in [0, 0.1) is 0 Å². The summed E-state index contributed by atoms with van der Waals surface area (Å²) < 4.78 is 1.12. The van der Waals surface area contributed by atoms with Crippen molar-refractivity contribution in [3.05, 3.63) is 35.2 Å². The second-order valence-electron chi connectivity index (χ2n) is 4.54. The van der Waals surface area contributed by atoms with Crippen LogP contribution < -0.4 is 5.32 Å². The van der Waals surface area contributed by atoms with Gasteiger partial charge in [-0.25, -0.2) is 0 Å². The van der Waals surface area contributed by atoms with Gasteiger partial charge in [-0.1, -0.05) is 18.2 Å². The van der Waals surface area contributed by atoms with Crippen molar-refractivity contribution in [2.45, 2.75) is 6.42 Å².